The van der Waals surface area contributed by atoms with Gasteiger partial charge in [-0.1, -0.05) is 43.6 Å². The third kappa shape index (κ3) is 6.17. The van der Waals surface area contributed by atoms with E-state index in [2.05, 4.69) is 19.2 Å². The molecule has 2 rings (SSSR count). The number of amides is 1. The highest BCUT2D eigenvalue weighted by Crippen LogP contribution is 2.27. The van der Waals surface area contributed by atoms with E-state index in [9.17, 15) is 14.4 Å². The van der Waals surface area contributed by atoms with E-state index in [0.29, 0.717) is 15.1 Å². The number of thiophene rings is 1. The first-order valence-electron chi connectivity index (χ1n) is 9.19. The molecule has 2 aromatic rings. The van der Waals surface area contributed by atoms with Gasteiger partial charge in [0.25, 0.3) is 5.91 Å². The second-order valence-corrected chi connectivity index (χ2v) is 8.26. The topological polar surface area (TPSA) is 72.5 Å². The molecule has 0 saturated heterocycles. The molecule has 0 fully saturated rings. The molecule has 1 N–H and O–H groups in total. The van der Waals surface area contributed by atoms with Crippen molar-refractivity contribution in [3.63, 3.8) is 0 Å². The molecule has 0 saturated carbocycles. The number of carbonyl (C=O) groups is 3. The van der Waals surface area contributed by atoms with Crippen molar-refractivity contribution in [3.05, 3.63) is 51.2 Å². The van der Waals surface area contributed by atoms with Gasteiger partial charge in [0.05, 0.1) is 15.6 Å². The van der Waals surface area contributed by atoms with Crippen LogP contribution in [-0.2, 0) is 14.3 Å². The summed E-state index contributed by atoms with van der Waals surface area (Å²) in [6, 6.07) is 10.9. The number of carbonyl (C=O) groups excluding carboxylic acids is 3. The summed E-state index contributed by atoms with van der Waals surface area (Å²) in [5.74, 6) is -0.867. The third-order valence-electron chi connectivity index (χ3n) is 4.44. The number of Topliss-reactive ketones (excluding diaryl/α,β-unsaturated/α-hetero) is 1. The van der Waals surface area contributed by atoms with Crippen LogP contribution in [0.5, 0.6) is 0 Å². The van der Waals surface area contributed by atoms with Gasteiger partial charge < -0.3 is 10.1 Å². The highest BCUT2D eigenvalue weighted by atomic mass is 35.5. The van der Waals surface area contributed by atoms with E-state index in [0.717, 1.165) is 17.7 Å². The number of hydrogen-bond acceptors (Lipinski definition) is 5. The average molecular weight is 422 g/mol. The summed E-state index contributed by atoms with van der Waals surface area (Å²) >= 11 is 6.98. The van der Waals surface area contributed by atoms with E-state index in [-0.39, 0.29) is 18.6 Å². The zero-order chi connectivity index (χ0) is 20.7. The molecule has 0 aliphatic carbocycles. The lowest BCUT2D eigenvalue weighted by molar-refractivity contribution is -0.153. The van der Waals surface area contributed by atoms with Crippen LogP contribution >= 0.6 is 22.9 Å². The SMILES string of the molecule is CC[C@H](C)c1ccccc1NC(=O)[C@H](C)OC(=O)CCC(=O)c1ccc(Cl)s1. The number of halogens is 1. The summed E-state index contributed by atoms with van der Waals surface area (Å²) < 4.78 is 5.70. The summed E-state index contributed by atoms with van der Waals surface area (Å²) in [6.45, 7) is 5.69. The van der Waals surface area contributed by atoms with Crippen molar-refractivity contribution in [1.29, 1.82) is 0 Å². The predicted molar refractivity (Wildman–Crippen MR) is 112 cm³/mol. The average Bonchev–Trinajstić information content (AvgIpc) is 3.12. The first kappa shape index (κ1) is 22.1. The van der Waals surface area contributed by atoms with Gasteiger partial charge >= 0.3 is 5.97 Å². The van der Waals surface area contributed by atoms with Crippen molar-refractivity contribution in [2.24, 2.45) is 0 Å². The van der Waals surface area contributed by atoms with E-state index in [4.69, 9.17) is 16.3 Å². The Labute approximate surface area is 174 Å². The number of ether oxygens (including phenoxy) is 1. The standard InChI is InChI=1S/C21H24ClNO4S/c1-4-13(2)15-7-5-6-8-16(15)23-21(26)14(3)27-20(25)12-9-17(24)18-10-11-19(22)28-18/h5-8,10-11,13-14H,4,9,12H2,1-3H3,(H,23,26)/t13-,14-/m0/s1. The first-order chi connectivity index (χ1) is 13.3. The molecular formula is C21H24ClNO4S. The Morgan fingerprint density at radius 3 is 2.46 bits per heavy atom. The molecule has 0 bridgehead atoms. The van der Waals surface area contributed by atoms with Crippen molar-refractivity contribution in [2.75, 3.05) is 5.32 Å². The molecule has 0 spiro atoms. The van der Waals surface area contributed by atoms with Crippen LogP contribution in [0.1, 0.15) is 61.2 Å². The molecule has 0 aliphatic rings. The van der Waals surface area contributed by atoms with Crippen molar-refractivity contribution in [1.82, 2.24) is 0 Å². The molecule has 150 valence electrons. The van der Waals surface area contributed by atoms with Crippen molar-refractivity contribution >= 4 is 46.3 Å². The minimum atomic E-state index is -0.955. The molecule has 0 unspecified atom stereocenters. The molecule has 1 aromatic heterocycles. The maximum Gasteiger partial charge on any atom is 0.307 e. The normalized spacial score (nSPS) is 12.9. The maximum absolute atomic E-state index is 12.4. The Kier molecular flexibility index (Phi) is 8.20. The molecule has 1 amide bonds. The van der Waals surface area contributed by atoms with Crippen LogP contribution in [0.4, 0.5) is 5.69 Å². The highest BCUT2D eigenvalue weighted by Gasteiger charge is 2.20. The lowest BCUT2D eigenvalue weighted by Gasteiger charge is -2.18. The van der Waals surface area contributed by atoms with Gasteiger partial charge in [-0.15, -0.1) is 11.3 Å². The van der Waals surface area contributed by atoms with E-state index in [1.807, 2.05) is 24.3 Å². The number of esters is 1. The van der Waals surface area contributed by atoms with Crippen LogP contribution in [0.25, 0.3) is 0 Å². The maximum atomic E-state index is 12.4. The Morgan fingerprint density at radius 2 is 1.82 bits per heavy atom. The van der Waals surface area contributed by atoms with Gasteiger partial charge in [0.2, 0.25) is 0 Å². The number of para-hydroxylation sites is 1. The fourth-order valence-electron chi connectivity index (χ4n) is 2.61. The van der Waals surface area contributed by atoms with Crippen molar-refractivity contribution in [2.45, 2.75) is 52.1 Å². The Morgan fingerprint density at radius 1 is 1.11 bits per heavy atom. The van der Waals surface area contributed by atoms with Crippen LogP contribution in [0.3, 0.4) is 0 Å². The molecule has 28 heavy (non-hydrogen) atoms. The summed E-state index contributed by atoms with van der Waals surface area (Å²) in [5, 5.41) is 2.83. The van der Waals surface area contributed by atoms with Crippen molar-refractivity contribution in [3.8, 4) is 0 Å². The van der Waals surface area contributed by atoms with Crippen LogP contribution in [0, 0.1) is 0 Å². The largest absolute Gasteiger partial charge is 0.453 e. The minimum Gasteiger partial charge on any atom is -0.453 e. The molecule has 1 aromatic carbocycles. The number of ketones is 1. The number of hydrogen-bond donors (Lipinski definition) is 1. The molecule has 5 nitrogen and oxygen atoms in total. The van der Waals surface area contributed by atoms with E-state index in [1.165, 1.54) is 18.3 Å². The van der Waals surface area contributed by atoms with E-state index >= 15 is 0 Å². The van der Waals surface area contributed by atoms with Crippen LogP contribution in [0.15, 0.2) is 36.4 Å². The van der Waals surface area contributed by atoms with Gasteiger partial charge in [-0.3, -0.25) is 14.4 Å². The van der Waals surface area contributed by atoms with E-state index in [1.54, 1.807) is 12.1 Å². The Bertz CT molecular complexity index is 848. The van der Waals surface area contributed by atoms with Crippen LogP contribution in [-0.4, -0.2) is 23.8 Å². The van der Waals surface area contributed by atoms with E-state index < -0.39 is 18.0 Å². The molecule has 1 heterocycles. The predicted octanol–water partition coefficient (Wildman–Crippen LogP) is 5.45. The number of rotatable bonds is 9. The smallest absolute Gasteiger partial charge is 0.307 e. The lowest BCUT2D eigenvalue weighted by Crippen LogP contribution is -2.30. The second-order valence-electron chi connectivity index (χ2n) is 6.54. The van der Waals surface area contributed by atoms with Gasteiger partial charge in [0.15, 0.2) is 11.9 Å². The second kappa shape index (κ2) is 10.4. The fourth-order valence-corrected chi connectivity index (χ4v) is 3.62. The highest BCUT2D eigenvalue weighted by molar-refractivity contribution is 7.18. The summed E-state index contributed by atoms with van der Waals surface area (Å²) in [5.41, 5.74) is 1.76. The lowest BCUT2D eigenvalue weighted by atomic mass is 9.97. The Balaban J connectivity index is 1.86. The minimum absolute atomic E-state index is 0.0147. The van der Waals surface area contributed by atoms with Gasteiger partial charge in [-0.2, -0.15) is 0 Å². The van der Waals surface area contributed by atoms with Crippen molar-refractivity contribution < 1.29 is 19.1 Å². The van der Waals surface area contributed by atoms with Gasteiger partial charge in [0, 0.05) is 12.1 Å². The van der Waals surface area contributed by atoms with Crippen LogP contribution in [0.2, 0.25) is 4.34 Å². The molecule has 2 atom stereocenters. The van der Waals surface area contributed by atoms with Gasteiger partial charge in [0.1, 0.15) is 0 Å². The number of anilines is 1. The first-order valence-corrected chi connectivity index (χ1v) is 10.4. The monoisotopic (exact) mass is 421 g/mol. The number of nitrogens with one attached hydrogen (secondary N) is 1. The molecule has 7 heteroatoms. The number of benzene rings is 1. The third-order valence-corrected chi connectivity index (χ3v) is 5.72. The van der Waals surface area contributed by atoms with Gasteiger partial charge in [-0.05, 0) is 43.0 Å². The molecule has 0 radical (unpaired) electrons. The quantitative estimate of drug-likeness (QED) is 0.431. The summed E-state index contributed by atoms with van der Waals surface area (Å²) in [7, 11) is 0. The summed E-state index contributed by atoms with van der Waals surface area (Å²) in [6.07, 6.45) is -0.0826. The molecule has 0 aliphatic heterocycles. The van der Waals surface area contributed by atoms with Crippen LogP contribution < -0.4 is 5.32 Å². The summed E-state index contributed by atoms with van der Waals surface area (Å²) in [4.78, 5) is 36.9. The Hall–Kier alpha value is -2.18. The van der Waals surface area contributed by atoms with Gasteiger partial charge in [-0.25, -0.2) is 0 Å². The molecular weight excluding hydrogens is 398 g/mol. The zero-order valence-corrected chi connectivity index (χ0v) is 17.7. The fraction of sp³-hybridized carbons (Fsp3) is 0.381. The zero-order valence-electron chi connectivity index (χ0n) is 16.2.